The quantitative estimate of drug-likeness (QED) is 0.478. The molecule has 1 fully saturated rings. The van der Waals surface area contributed by atoms with Crippen molar-refractivity contribution >= 4 is 17.7 Å². The number of carbonyl (C=O) groups is 3. The number of rotatable bonds is 2. The number of hydrogen-bond acceptors (Lipinski definition) is 4. The van der Waals surface area contributed by atoms with Gasteiger partial charge in [0.15, 0.2) is 0 Å². The highest BCUT2D eigenvalue weighted by Gasteiger charge is 2.34. The van der Waals surface area contributed by atoms with Crippen LogP contribution in [0.5, 0.6) is 0 Å². The second-order valence-electron chi connectivity index (χ2n) is 2.90. The highest BCUT2D eigenvalue weighted by Crippen LogP contribution is 2.09. The molecule has 0 aromatic carbocycles. The van der Waals surface area contributed by atoms with E-state index in [4.69, 9.17) is 10.2 Å². The van der Waals surface area contributed by atoms with Crippen molar-refractivity contribution in [2.45, 2.75) is 24.9 Å². The van der Waals surface area contributed by atoms with Crippen LogP contribution in [-0.4, -0.2) is 45.5 Å². The molecular weight excluding hydrogens is 194 g/mol. The average molecular weight is 205 g/mol. The number of aliphatic carboxylic acids is 2. The minimum absolute atomic E-state index is 0. The third kappa shape index (κ3) is 2.79. The minimum Gasteiger partial charge on any atom is -0.480 e. The molecule has 7 nitrogen and oxygen atoms in total. The van der Waals surface area contributed by atoms with Gasteiger partial charge in [-0.1, -0.05) is 0 Å². The van der Waals surface area contributed by atoms with Crippen LogP contribution >= 0.6 is 0 Å². The van der Waals surface area contributed by atoms with Crippen LogP contribution in [0.1, 0.15) is 12.8 Å². The Labute approximate surface area is 79.0 Å². The molecule has 0 aromatic heterocycles. The van der Waals surface area contributed by atoms with E-state index >= 15 is 0 Å². The van der Waals surface area contributed by atoms with Crippen molar-refractivity contribution in [2.24, 2.45) is 0 Å². The Hall–Kier alpha value is -1.47. The largest absolute Gasteiger partial charge is 0.480 e. The van der Waals surface area contributed by atoms with Crippen LogP contribution in [0, 0.1) is 0 Å². The summed E-state index contributed by atoms with van der Waals surface area (Å²) in [5.74, 6) is -2.72. The highest BCUT2D eigenvalue weighted by molar-refractivity contribution is 5.92. The SMILES string of the molecule is O.O=C1CC(C(=O)O)NC(C(=O)O)C1. The van der Waals surface area contributed by atoms with Gasteiger partial charge in [-0.2, -0.15) is 0 Å². The molecule has 1 rings (SSSR count). The fraction of sp³-hybridized carbons (Fsp3) is 0.571. The molecule has 0 bridgehead atoms. The lowest BCUT2D eigenvalue weighted by Crippen LogP contribution is -2.53. The lowest BCUT2D eigenvalue weighted by molar-refractivity contribution is -0.147. The first-order valence-electron chi connectivity index (χ1n) is 3.74. The van der Waals surface area contributed by atoms with Crippen LogP contribution in [0.2, 0.25) is 0 Å². The molecule has 0 spiro atoms. The smallest absolute Gasteiger partial charge is 0.321 e. The van der Waals surface area contributed by atoms with Crippen LogP contribution in [0.4, 0.5) is 0 Å². The van der Waals surface area contributed by atoms with Crippen LogP contribution in [0.25, 0.3) is 0 Å². The molecule has 0 amide bonds. The normalized spacial score (nSPS) is 26.4. The third-order valence-corrected chi connectivity index (χ3v) is 1.86. The maximum absolute atomic E-state index is 10.9. The van der Waals surface area contributed by atoms with Crippen molar-refractivity contribution in [3.63, 3.8) is 0 Å². The Balaban J connectivity index is 0.00000169. The minimum atomic E-state index is -1.20. The lowest BCUT2D eigenvalue weighted by Gasteiger charge is -2.24. The monoisotopic (exact) mass is 205 g/mol. The zero-order valence-corrected chi connectivity index (χ0v) is 7.19. The van der Waals surface area contributed by atoms with Crippen molar-refractivity contribution < 1.29 is 30.1 Å². The molecule has 5 N–H and O–H groups in total. The first kappa shape index (κ1) is 12.5. The number of piperidine rings is 1. The summed E-state index contributed by atoms with van der Waals surface area (Å²) >= 11 is 0. The van der Waals surface area contributed by atoms with Gasteiger partial charge in [0.25, 0.3) is 0 Å². The molecule has 1 saturated heterocycles. The second-order valence-corrected chi connectivity index (χ2v) is 2.90. The summed E-state index contributed by atoms with van der Waals surface area (Å²) in [4.78, 5) is 31.8. The number of ketones is 1. The van der Waals surface area contributed by atoms with Gasteiger partial charge in [-0.05, 0) is 0 Å². The van der Waals surface area contributed by atoms with E-state index in [1.54, 1.807) is 0 Å². The Morgan fingerprint density at radius 1 is 1.14 bits per heavy atom. The van der Waals surface area contributed by atoms with E-state index in [9.17, 15) is 14.4 Å². The van der Waals surface area contributed by atoms with Gasteiger partial charge in [0.1, 0.15) is 17.9 Å². The lowest BCUT2D eigenvalue weighted by atomic mass is 9.97. The average Bonchev–Trinajstić information content (AvgIpc) is 2.03. The number of carbonyl (C=O) groups excluding carboxylic acids is 1. The summed E-state index contributed by atoms with van der Waals surface area (Å²) in [7, 11) is 0. The molecule has 0 radical (unpaired) electrons. The van der Waals surface area contributed by atoms with Crippen molar-refractivity contribution in [2.75, 3.05) is 0 Å². The third-order valence-electron chi connectivity index (χ3n) is 1.86. The predicted molar refractivity (Wildman–Crippen MR) is 43.8 cm³/mol. The molecule has 1 heterocycles. The summed E-state index contributed by atoms with van der Waals surface area (Å²) in [5, 5.41) is 19.5. The molecule has 2 atom stereocenters. The first-order valence-corrected chi connectivity index (χ1v) is 3.74. The summed E-state index contributed by atoms with van der Waals surface area (Å²) in [5.41, 5.74) is 0. The van der Waals surface area contributed by atoms with Gasteiger partial charge < -0.3 is 15.7 Å². The van der Waals surface area contributed by atoms with Gasteiger partial charge in [-0.3, -0.25) is 19.7 Å². The van der Waals surface area contributed by atoms with Crippen molar-refractivity contribution in [1.29, 1.82) is 0 Å². The molecule has 0 saturated carbocycles. The topological polar surface area (TPSA) is 135 Å². The molecule has 80 valence electrons. The Bertz CT molecular complexity index is 239. The number of Topliss-reactive ketones (excluding diaryl/α,β-unsaturated/α-hetero) is 1. The molecule has 0 aliphatic carbocycles. The summed E-state index contributed by atoms with van der Waals surface area (Å²) < 4.78 is 0. The van der Waals surface area contributed by atoms with Gasteiger partial charge in [0.05, 0.1) is 0 Å². The van der Waals surface area contributed by atoms with E-state index in [-0.39, 0.29) is 24.1 Å². The molecule has 0 aromatic rings. The van der Waals surface area contributed by atoms with Gasteiger partial charge in [0, 0.05) is 12.8 Å². The molecular formula is C7H11NO6. The van der Waals surface area contributed by atoms with Gasteiger partial charge in [0.2, 0.25) is 0 Å². The van der Waals surface area contributed by atoms with Gasteiger partial charge >= 0.3 is 11.9 Å². The maximum Gasteiger partial charge on any atom is 0.321 e. The number of nitrogens with one attached hydrogen (secondary N) is 1. The van der Waals surface area contributed by atoms with Crippen LogP contribution in [0.3, 0.4) is 0 Å². The molecule has 14 heavy (non-hydrogen) atoms. The van der Waals surface area contributed by atoms with E-state index in [0.717, 1.165) is 0 Å². The van der Waals surface area contributed by atoms with E-state index in [0.29, 0.717) is 0 Å². The molecule has 1 aliphatic rings. The van der Waals surface area contributed by atoms with Gasteiger partial charge in [-0.15, -0.1) is 0 Å². The summed E-state index contributed by atoms with van der Waals surface area (Å²) in [6, 6.07) is -2.13. The predicted octanol–water partition coefficient (Wildman–Crippen LogP) is -1.98. The molecule has 2 unspecified atom stereocenters. The molecule has 1 aliphatic heterocycles. The van der Waals surface area contributed by atoms with Crippen molar-refractivity contribution in [1.82, 2.24) is 5.32 Å². The summed E-state index contributed by atoms with van der Waals surface area (Å²) in [6.07, 6.45) is -0.280. The fourth-order valence-electron chi connectivity index (χ4n) is 1.22. The zero-order valence-electron chi connectivity index (χ0n) is 7.19. The second kappa shape index (κ2) is 4.68. The van der Waals surface area contributed by atoms with Crippen LogP contribution < -0.4 is 5.32 Å². The van der Waals surface area contributed by atoms with Crippen molar-refractivity contribution in [3.05, 3.63) is 0 Å². The van der Waals surface area contributed by atoms with E-state index in [1.807, 2.05) is 0 Å². The maximum atomic E-state index is 10.9. The van der Waals surface area contributed by atoms with Crippen LogP contribution in [-0.2, 0) is 14.4 Å². The van der Waals surface area contributed by atoms with E-state index < -0.39 is 24.0 Å². The Morgan fingerprint density at radius 2 is 1.50 bits per heavy atom. The van der Waals surface area contributed by atoms with Gasteiger partial charge in [-0.25, -0.2) is 0 Å². The fourth-order valence-corrected chi connectivity index (χ4v) is 1.22. The number of carboxylic acids is 2. The van der Waals surface area contributed by atoms with E-state index in [2.05, 4.69) is 5.32 Å². The van der Waals surface area contributed by atoms with Crippen LogP contribution in [0.15, 0.2) is 0 Å². The Kier molecular flexibility index (Phi) is 4.19. The first-order chi connectivity index (χ1) is 6.00. The number of carboxylic acid groups (broad SMARTS) is 2. The molecule has 7 heteroatoms. The van der Waals surface area contributed by atoms with E-state index in [1.165, 1.54) is 0 Å². The number of hydrogen-bond donors (Lipinski definition) is 3. The Morgan fingerprint density at radius 3 is 1.79 bits per heavy atom. The summed E-state index contributed by atoms with van der Waals surface area (Å²) in [6.45, 7) is 0. The highest BCUT2D eigenvalue weighted by atomic mass is 16.4. The van der Waals surface area contributed by atoms with Crippen molar-refractivity contribution in [3.8, 4) is 0 Å². The standard InChI is InChI=1S/C7H9NO5.H2O/c9-3-1-4(6(10)11)8-5(2-3)7(12)13;/h4-5,8H,1-2H2,(H,10,11)(H,12,13);1H2. The zero-order chi connectivity index (χ0) is 10.0.